The van der Waals surface area contributed by atoms with Gasteiger partial charge in [0.25, 0.3) is 5.69 Å². The third-order valence-corrected chi connectivity index (χ3v) is 2.69. The Bertz CT molecular complexity index is 696. The van der Waals surface area contributed by atoms with Crippen LogP contribution < -0.4 is 5.32 Å². The van der Waals surface area contributed by atoms with Crippen molar-refractivity contribution in [3.8, 4) is 5.75 Å². The standard InChI is InChI=1S/C15H12N2O4/c18-13-8-4-7-12(17(20)21)15(13)16-14(19)10-9-11-5-2-1-3-6-11/h1-10,18H,(H,16,19)/b10-9+. The molecule has 0 aromatic heterocycles. The van der Waals surface area contributed by atoms with Crippen molar-refractivity contribution in [3.05, 3.63) is 70.3 Å². The first-order valence-electron chi connectivity index (χ1n) is 6.08. The van der Waals surface area contributed by atoms with Gasteiger partial charge in [-0.2, -0.15) is 0 Å². The molecule has 0 aliphatic carbocycles. The van der Waals surface area contributed by atoms with Crippen LogP contribution in [0.4, 0.5) is 11.4 Å². The molecule has 6 heteroatoms. The largest absolute Gasteiger partial charge is 0.505 e. The number of amides is 1. The monoisotopic (exact) mass is 284 g/mol. The Morgan fingerprint density at radius 3 is 2.52 bits per heavy atom. The lowest BCUT2D eigenvalue weighted by atomic mass is 10.2. The number of nitrogens with zero attached hydrogens (tertiary/aromatic N) is 1. The Morgan fingerprint density at radius 1 is 1.14 bits per heavy atom. The average molecular weight is 284 g/mol. The molecule has 2 aromatic carbocycles. The Balaban J connectivity index is 2.17. The van der Waals surface area contributed by atoms with Crippen molar-refractivity contribution in [1.29, 1.82) is 0 Å². The van der Waals surface area contributed by atoms with Gasteiger partial charge in [0.2, 0.25) is 5.91 Å². The van der Waals surface area contributed by atoms with Crippen LogP contribution in [0.25, 0.3) is 6.08 Å². The molecule has 2 aromatic rings. The number of hydrogen-bond acceptors (Lipinski definition) is 4. The molecule has 0 unspecified atom stereocenters. The molecule has 0 fully saturated rings. The molecule has 21 heavy (non-hydrogen) atoms. The maximum absolute atomic E-state index is 11.8. The van der Waals surface area contributed by atoms with Gasteiger partial charge in [-0.05, 0) is 17.7 Å². The highest BCUT2D eigenvalue weighted by atomic mass is 16.6. The molecule has 0 saturated carbocycles. The number of phenols is 1. The van der Waals surface area contributed by atoms with Gasteiger partial charge in [0, 0.05) is 12.1 Å². The summed E-state index contributed by atoms with van der Waals surface area (Å²) in [6.07, 6.45) is 2.81. The molecule has 106 valence electrons. The van der Waals surface area contributed by atoms with Crippen LogP contribution >= 0.6 is 0 Å². The SMILES string of the molecule is O=C(/C=C/c1ccccc1)Nc1c(O)cccc1[N+](=O)[O-]. The van der Waals surface area contributed by atoms with Crippen molar-refractivity contribution in [2.75, 3.05) is 5.32 Å². The summed E-state index contributed by atoms with van der Waals surface area (Å²) in [5.74, 6) is -0.922. The number of phenolic OH excluding ortho intramolecular Hbond substituents is 1. The van der Waals surface area contributed by atoms with Crippen molar-refractivity contribution in [2.45, 2.75) is 0 Å². The molecule has 0 saturated heterocycles. The summed E-state index contributed by atoms with van der Waals surface area (Å²) in [4.78, 5) is 22.0. The van der Waals surface area contributed by atoms with E-state index >= 15 is 0 Å². The summed E-state index contributed by atoms with van der Waals surface area (Å²) in [5, 5.41) is 22.8. The van der Waals surface area contributed by atoms with Gasteiger partial charge in [-0.1, -0.05) is 36.4 Å². The van der Waals surface area contributed by atoms with Gasteiger partial charge in [-0.25, -0.2) is 0 Å². The highest BCUT2D eigenvalue weighted by Crippen LogP contribution is 2.32. The molecule has 0 aliphatic heterocycles. The van der Waals surface area contributed by atoms with Crippen molar-refractivity contribution in [3.63, 3.8) is 0 Å². The van der Waals surface area contributed by atoms with Gasteiger partial charge in [0.1, 0.15) is 5.75 Å². The number of carbonyl (C=O) groups is 1. The van der Waals surface area contributed by atoms with E-state index in [9.17, 15) is 20.0 Å². The first-order valence-corrected chi connectivity index (χ1v) is 6.08. The van der Waals surface area contributed by atoms with Gasteiger partial charge in [-0.15, -0.1) is 0 Å². The van der Waals surface area contributed by atoms with E-state index < -0.39 is 10.8 Å². The van der Waals surface area contributed by atoms with Crippen LogP contribution in [0.3, 0.4) is 0 Å². The minimum Gasteiger partial charge on any atom is -0.505 e. The maximum atomic E-state index is 11.8. The number of nitrogens with one attached hydrogen (secondary N) is 1. The fourth-order valence-electron chi connectivity index (χ4n) is 1.71. The van der Waals surface area contributed by atoms with Crippen LogP contribution in [0, 0.1) is 10.1 Å². The predicted octanol–water partition coefficient (Wildman–Crippen LogP) is 2.95. The van der Waals surface area contributed by atoms with Crippen LogP contribution in [-0.2, 0) is 4.79 Å². The Morgan fingerprint density at radius 2 is 1.86 bits per heavy atom. The number of para-hydroxylation sites is 1. The summed E-state index contributed by atoms with van der Waals surface area (Å²) in [7, 11) is 0. The second-order valence-electron chi connectivity index (χ2n) is 4.16. The third kappa shape index (κ3) is 3.66. The smallest absolute Gasteiger partial charge is 0.296 e. The van der Waals surface area contributed by atoms with Gasteiger partial charge in [-0.3, -0.25) is 14.9 Å². The number of benzene rings is 2. The van der Waals surface area contributed by atoms with Crippen molar-refractivity contribution in [1.82, 2.24) is 0 Å². The lowest BCUT2D eigenvalue weighted by Crippen LogP contribution is -2.09. The molecule has 0 heterocycles. The Hall–Kier alpha value is -3.15. The fraction of sp³-hybridized carbons (Fsp3) is 0. The van der Waals surface area contributed by atoms with Crippen LogP contribution in [0.2, 0.25) is 0 Å². The predicted molar refractivity (Wildman–Crippen MR) is 78.9 cm³/mol. The van der Waals surface area contributed by atoms with Gasteiger partial charge < -0.3 is 10.4 Å². The van der Waals surface area contributed by atoms with E-state index in [1.54, 1.807) is 6.08 Å². The Kier molecular flexibility index (Phi) is 4.30. The highest BCUT2D eigenvalue weighted by molar-refractivity contribution is 6.04. The molecule has 0 atom stereocenters. The molecule has 0 spiro atoms. The number of hydrogen-bond donors (Lipinski definition) is 2. The molecule has 0 radical (unpaired) electrons. The molecule has 2 N–H and O–H groups in total. The molecule has 6 nitrogen and oxygen atoms in total. The number of aromatic hydroxyl groups is 1. The van der Waals surface area contributed by atoms with E-state index in [1.807, 2.05) is 30.3 Å². The zero-order valence-corrected chi connectivity index (χ0v) is 10.9. The second kappa shape index (κ2) is 6.33. The van der Waals surface area contributed by atoms with Crippen molar-refractivity contribution < 1.29 is 14.8 Å². The zero-order chi connectivity index (χ0) is 15.2. The first kappa shape index (κ1) is 14.3. The normalized spacial score (nSPS) is 10.5. The highest BCUT2D eigenvalue weighted by Gasteiger charge is 2.18. The van der Waals surface area contributed by atoms with E-state index in [0.29, 0.717) is 0 Å². The van der Waals surface area contributed by atoms with E-state index in [0.717, 1.165) is 5.56 Å². The fourth-order valence-corrected chi connectivity index (χ4v) is 1.71. The number of nitro benzene ring substituents is 1. The van der Waals surface area contributed by atoms with Gasteiger partial charge in [0.15, 0.2) is 5.69 Å². The lowest BCUT2D eigenvalue weighted by Gasteiger charge is -2.05. The number of carbonyl (C=O) groups excluding carboxylic acids is 1. The molecule has 0 bridgehead atoms. The third-order valence-electron chi connectivity index (χ3n) is 2.69. The lowest BCUT2D eigenvalue weighted by molar-refractivity contribution is -0.384. The summed E-state index contributed by atoms with van der Waals surface area (Å²) >= 11 is 0. The summed E-state index contributed by atoms with van der Waals surface area (Å²) in [6.45, 7) is 0. The van der Waals surface area contributed by atoms with Crippen LogP contribution in [0.1, 0.15) is 5.56 Å². The van der Waals surface area contributed by atoms with E-state index in [2.05, 4.69) is 5.32 Å². The van der Waals surface area contributed by atoms with E-state index in [4.69, 9.17) is 0 Å². The molecular weight excluding hydrogens is 272 g/mol. The van der Waals surface area contributed by atoms with E-state index in [1.165, 1.54) is 24.3 Å². The molecular formula is C15H12N2O4. The number of rotatable bonds is 4. The van der Waals surface area contributed by atoms with Gasteiger partial charge in [0.05, 0.1) is 4.92 Å². The minimum absolute atomic E-state index is 0.217. The zero-order valence-electron chi connectivity index (χ0n) is 10.9. The van der Waals surface area contributed by atoms with E-state index in [-0.39, 0.29) is 17.1 Å². The Labute approximate surface area is 120 Å². The summed E-state index contributed by atoms with van der Waals surface area (Å²) in [5.41, 5.74) is 0.237. The molecule has 0 aliphatic rings. The first-order chi connectivity index (χ1) is 10.1. The van der Waals surface area contributed by atoms with Crippen molar-refractivity contribution in [2.24, 2.45) is 0 Å². The maximum Gasteiger partial charge on any atom is 0.296 e. The van der Waals surface area contributed by atoms with Crippen LogP contribution in [0.5, 0.6) is 5.75 Å². The minimum atomic E-state index is -0.670. The van der Waals surface area contributed by atoms with Crippen LogP contribution in [0.15, 0.2) is 54.6 Å². The average Bonchev–Trinajstić information content (AvgIpc) is 2.48. The molecule has 1 amide bonds. The van der Waals surface area contributed by atoms with Gasteiger partial charge >= 0.3 is 0 Å². The van der Waals surface area contributed by atoms with Crippen molar-refractivity contribution >= 4 is 23.4 Å². The topological polar surface area (TPSA) is 92.5 Å². The number of nitro groups is 1. The molecule has 2 rings (SSSR count). The second-order valence-corrected chi connectivity index (χ2v) is 4.16. The summed E-state index contributed by atoms with van der Waals surface area (Å²) < 4.78 is 0. The quantitative estimate of drug-likeness (QED) is 0.390. The van der Waals surface area contributed by atoms with Crippen LogP contribution in [-0.4, -0.2) is 15.9 Å². The number of anilines is 1. The summed E-state index contributed by atoms with van der Waals surface area (Å²) in [6, 6.07) is 12.9.